The van der Waals surface area contributed by atoms with Crippen LogP contribution >= 0.6 is 0 Å². The van der Waals surface area contributed by atoms with Gasteiger partial charge in [0.2, 0.25) is 5.91 Å². The van der Waals surface area contributed by atoms with Crippen molar-refractivity contribution in [3.8, 4) is 5.75 Å². The van der Waals surface area contributed by atoms with Gasteiger partial charge < -0.3 is 20.7 Å². The van der Waals surface area contributed by atoms with Crippen LogP contribution in [0.15, 0.2) is 18.2 Å². The summed E-state index contributed by atoms with van der Waals surface area (Å²) in [5.41, 5.74) is 5.83. The summed E-state index contributed by atoms with van der Waals surface area (Å²) in [6.45, 7) is 1.96. The summed E-state index contributed by atoms with van der Waals surface area (Å²) in [6.07, 6.45) is 1.57. The molecule has 1 heterocycles. The van der Waals surface area contributed by atoms with Crippen LogP contribution < -0.4 is 20.7 Å². The molecule has 23 heavy (non-hydrogen) atoms. The van der Waals surface area contributed by atoms with Gasteiger partial charge in [-0.3, -0.25) is 14.9 Å². The first-order valence-electron chi connectivity index (χ1n) is 7.62. The number of nitrogens with zero attached hydrogens (tertiary/aromatic N) is 2. The van der Waals surface area contributed by atoms with E-state index < -0.39 is 4.92 Å². The number of anilines is 1. The van der Waals surface area contributed by atoms with Gasteiger partial charge in [-0.05, 0) is 25.0 Å². The predicted octanol–water partition coefficient (Wildman–Crippen LogP) is 0.895. The SMILES string of the molecule is COc1cccc(N2CCCC(C(=O)NCCN)C2)c1[N+](=O)[O-]. The van der Waals surface area contributed by atoms with E-state index in [1.807, 2.05) is 4.90 Å². The van der Waals surface area contributed by atoms with E-state index in [0.29, 0.717) is 31.9 Å². The van der Waals surface area contributed by atoms with Crippen molar-refractivity contribution >= 4 is 17.3 Å². The summed E-state index contributed by atoms with van der Waals surface area (Å²) in [5, 5.41) is 14.2. The molecule has 3 N–H and O–H groups in total. The van der Waals surface area contributed by atoms with E-state index in [0.717, 1.165) is 12.8 Å². The Balaban J connectivity index is 2.21. The van der Waals surface area contributed by atoms with Gasteiger partial charge in [0.25, 0.3) is 0 Å². The molecule has 1 aliphatic heterocycles. The second-order valence-corrected chi connectivity index (χ2v) is 5.45. The van der Waals surface area contributed by atoms with Gasteiger partial charge >= 0.3 is 5.69 Å². The highest BCUT2D eigenvalue weighted by molar-refractivity contribution is 5.80. The van der Waals surface area contributed by atoms with Gasteiger partial charge in [0.05, 0.1) is 18.0 Å². The van der Waals surface area contributed by atoms with Gasteiger partial charge in [0.1, 0.15) is 5.69 Å². The minimum absolute atomic E-state index is 0.0503. The van der Waals surface area contributed by atoms with Crippen molar-refractivity contribution in [3.63, 3.8) is 0 Å². The first-order chi connectivity index (χ1) is 11.1. The first-order valence-corrected chi connectivity index (χ1v) is 7.62. The van der Waals surface area contributed by atoms with E-state index in [1.165, 1.54) is 7.11 Å². The van der Waals surface area contributed by atoms with Crippen molar-refractivity contribution in [1.29, 1.82) is 0 Å². The van der Waals surface area contributed by atoms with Crippen LogP contribution in [0.3, 0.4) is 0 Å². The highest BCUT2D eigenvalue weighted by Crippen LogP contribution is 2.38. The van der Waals surface area contributed by atoms with Crippen LogP contribution in [-0.2, 0) is 4.79 Å². The second kappa shape index (κ2) is 7.77. The molecule has 1 aromatic carbocycles. The maximum atomic E-state index is 12.1. The average Bonchev–Trinajstić information content (AvgIpc) is 2.58. The largest absolute Gasteiger partial charge is 0.490 e. The number of amides is 1. The van der Waals surface area contributed by atoms with Crippen LogP contribution in [0.25, 0.3) is 0 Å². The van der Waals surface area contributed by atoms with E-state index in [1.54, 1.807) is 18.2 Å². The number of hydrogen-bond donors (Lipinski definition) is 2. The molecule has 0 saturated carbocycles. The zero-order valence-electron chi connectivity index (χ0n) is 13.2. The van der Waals surface area contributed by atoms with Crippen LogP contribution in [0, 0.1) is 16.0 Å². The molecular formula is C15H22N4O4. The van der Waals surface area contributed by atoms with Crippen molar-refractivity contribution in [2.24, 2.45) is 11.7 Å². The molecule has 0 spiro atoms. The zero-order valence-corrected chi connectivity index (χ0v) is 13.2. The van der Waals surface area contributed by atoms with Gasteiger partial charge in [-0.1, -0.05) is 6.07 Å². The van der Waals surface area contributed by atoms with Crippen LogP contribution in [0.1, 0.15) is 12.8 Å². The minimum atomic E-state index is -0.438. The third kappa shape index (κ3) is 3.89. The molecule has 1 aromatic rings. The lowest BCUT2D eigenvalue weighted by atomic mass is 9.96. The quantitative estimate of drug-likeness (QED) is 0.594. The number of piperidine rings is 1. The van der Waals surface area contributed by atoms with Crippen molar-refractivity contribution in [2.45, 2.75) is 12.8 Å². The number of nitrogens with one attached hydrogen (secondary N) is 1. The van der Waals surface area contributed by atoms with Crippen molar-refractivity contribution in [1.82, 2.24) is 5.32 Å². The molecule has 8 heteroatoms. The lowest BCUT2D eigenvalue weighted by Gasteiger charge is -2.33. The van der Waals surface area contributed by atoms with E-state index in [9.17, 15) is 14.9 Å². The number of carbonyl (C=O) groups excluding carboxylic acids is 1. The Kier molecular flexibility index (Phi) is 5.75. The Bertz CT molecular complexity index is 579. The summed E-state index contributed by atoms with van der Waals surface area (Å²) in [4.78, 5) is 25.0. The molecule has 0 bridgehead atoms. The standard InChI is InChI=1S/C15H22N4O4/c1-23-13-6-2-5-12(14(13)19(21)22)18-9-3-4-11(10-18)15(20)17-8-7-16/h2,5-6,11H,3-4,7-10,16H2,1H3,(H,17,20). The number of methoxy groups -OCH3 is 1. The molecule has 1 fully saturated rings. The number of ether oxygens (including phenoxy) is 1. The van der Waals surface area contributed by atoms with E-state index in [-0.39, 0.29) is 23.3 Å². The molecule has 1 aliphatic rings. The minimum Gasteiger partial charge on any atom is -0.490 e. The number of rotatable bonds is 6. The number of nitrogens with two attached hydrogens (primary N) is 1. The topological polar surface area (TPSA) is 111 Å². The Hall–Kier alpha value is -2.35. The van der Waals surface area contributed by atoms with Gasteiger partial charge in [-0.25, -0.2) is 0 Å². The summed E-state index contributed by atoms with van der Waals surface area (Å²) >= 11 is 0. The van der Waals surface area contributed by atoms with Crippen LogP contribution in [0.4, 0.5) is 11.4 Å². The molecule has 1 amide bonds. The Morgan fingerprint density at radius 1 is 1.57 bits per heavy atom. The molecular weight excluding hydrogens is 300 g/mol. The number of carbonyl (C=O) groups is 1. The average molecular weight is 322 g/mol. The smallest absolute Gasteiger partial charge is 0.333 e. The van der Waals surface area contributed by atoms with Gasteiger partial charge in [-0.15, -0.1) is 0 Å². The van der Waals surface area contributed by atoms with Gasteiger partial charge in [-0.2, -0.15) is 0 Å². The second-order valence-electron chi connectivity index (χ2n) is 5.45. The van der Waals surface area contributed by atoms with Crippen molar-refractivity contribution in [2.75, 3.05) is 38.2 Å². The third-order valence-electron chi connectivity index (χ3n) is 3.96. The fourth-order valence-corrected chi connectivity index (χ4v) is 2.86. The molecule has 1 unspecified atom stereocenters. The Labute approximate surface area is 134 Å². The molecule has 2 rings (SSSR count). The highest BCUT2D eigenvalue weighted by atomic mass is 16.6. The number of nitro groups is 1. The van der Waals surface area contributed by atoms with Crippen LogP contribution in [-0.4, -0.2) is 44.1 Å². The molecule has 0 radical (unpaired) electrons. The van der Waals surface area contributed by atoms with Crippen LogP contribution in [0.2, 0.25) is 0 Å². The number of nitro benzene ring substituents is 1. The fraction of sp³-hybridized carbons (Fsp3) is 0.533. The third-order valence-corrected chi connectivity index (χ3v) is 3.96. The van der Waals surface area contributed by atoms with Crippen LogP contribution in [0.5, 0.6) is 5.75 Å². The highest BCUT2D eigenvalue weighted by Gasteiger charge is 2.30. The normalized spacial score (nSPS) is 17.7. The van der Waals surface area contributed by atoms with Crippen molar-refractivity contribution in [3.05, 3.63) is 28.3 Å². The Morgan fingerprint density at radius 3 is 3.00 bits per heavy atom. The number of para-hydroxylation sites is 1. The maximum Gasteiger partial charge on any atom is 0.333 e. The number of hydrogen-bond acceptors (Lipinski definition) is 6. The Morgan fingerprint density at radius 2 is 2.35 bits per heavy atom. The van der Waals surface area contributed by atoms with E-state index in [4.69, 9.17) is 10.5 Å². The molecule has 0 aromatic heterocycles. The maximum absolute atomic E-state index is 12.1. The first kappa shape index (κ1) is 17.0. The van der Waals surface area contributed by atoms with Gasteiger partial charge in [0.15, 0.2) is 5.75 Å². The molecule has 1 atom stereocenters. The molecule has 126 valence electrons. The van der Waals surface area contributed by atoms with E-state index >= 15 is 0 Å². The number of benzene rings is 1. The molecule has 1 saturated heterocycles. The monoisotopic (exact) mass is 322 g/mol. The molecule has 0 aliphatic carbocycles. The fourth-order valence-electron chi connectivity index (χ4n) is 2.86. The van der Waals surface area contributed by atoms with E-state index in [2.05, 4.69) is 5.32 Å². The lowest BCUT2D eigenvalue weighted by Crippen LogP contribution is -2.44. The summed E-state index contributed by atoms with van der Waals surface area (Å²) in [6, 6.07) is 4.98. The van der Waals surface area contributed by atoms with Crippen molar-refractivity contribution < 1.29 is 14.5 Å². The summed E-state index contributed by atoms with van der Waals surface area (Å²) in [7, 11) is 1.41. The zero-order chi connectivity index (χ0) is 16.8. The summed E-state index contributed by atoms with van der Waals surface area (Å²) < 4.78 is 5.10. The lowest BCUT2D eigenvalue weighted by molar-refractivity contribution is -0.385. The summed E-state index contributed by atoms with van der Waals surface area (Å²) in [5.74, 6) is -0.0194. The predicted molar refractivity (Wildman–Crippen MR) is 86.6 cm³/mol. The van der Waals surface area contributed by atoms with Gasteiger partial charge in [0, 0.05) is 26.2 Å². The molecule has 8 nitrogen and oxygen atoms in total.